The standard InChI is InChI=1S/C32H40F2O7/c1-2-3-4-5-6-7-8-12-21-38-26-18-17-25(27(33)28(26)34)29(35)40-24-15-13-23(14-16-24)32(30(36)37)22-39-31(41-32)19-10-9-11-20-31/h13-18H,2-12,19-22H2,1H3,(H,36,37)/t32-/m0/s1. The van der Waals surface area contributed by atoms with Crippen molar-refractivity contribution < 1.29 is 42.4 Å². The van der Waals surface area contributed by atoms with Crippen LogP contribution in [0.1, 0.15) is 106 Å². The summed E-state index contributed by atoms with van der Waals surface area (Å²) in [5, 5.41) is 10.0. The summed E-state index contributed by atoms with van der Waals surface area (Å²) in [6, 6.07) is 8.08. The van der Waals surface area contributed by atoms with Crippen LogP contribution in [0.5, 0.6) is 11.5 Å². The monoisotopic (exact) mass is 574 g/mol. The largest absolute Gasteiger partial charge is 0.490 e. The van der Waals surface area contributed by atoms with Gasteiger partial charge in [-0.3, -0.25) is 0 Å². The van der Waals surface area contributed by atoms with E-state index in [0.717, 1.165) is 51.0 Å². The van der Waals surface area contributed by atoms with Gasteiger partial charge < -0.3 is 24.1 Å². The maximum Gasteiger partial charge on any atom is 0.346 e. The van der Waals surface area contributed by atoms with Gasteiger partial charge in [0.25, 0.3) is 0 Å². The van der Waals surface area contributed by atoms with Crippen LogP contribution < -0.4 is 9.47 Å². The minimum atomic E-state index is -1.68. The second-order valence-electron chi connectivity index (χ2n) is 11.0. The van der Waals surface area contributed by atoms with Crippen LogP contribution in [0.2, 0.25) is 0 Å². The summed E-state index contributed by atoms with van der Waals surface area (Å²) in [4.78, 5) is 24.9. The van der Waals surface area contributed by atoms with Gasteiger partial charge in [0.1, 0.15) is 5.75 Å². The van der Waals surface area contributed by atoms with Crippen LogP contribution in [0.4, 0.5) is 8.78 Å². The Balaban J connectivity index is 1.32. The molecule has 2 aromatic rings. The molecule has 0 radical (unpaired) electrons. The normalized spacial score (nSPS) is 19.8. The third-order valence-electron chi connectivity index (χ3n) is 7.91. The Morgan fingerprint density at radius 1 is 0.878 bits per heavy atom. The summed E-state index contributed by atoms with van der Waals surface area (Å²) in [6.45, 7) is 2.30. The van der Waals surface area contributed by atoms with Crippen LogP contribution in [-0.4, -0.2) is 36.0 Å². The van der Waals surface area contributed by atoms with Gasteiger partial charge >= 0.3 is 11.9 Å². The predicted molar refractivity (Wildman–Crippen MR) is 148 cm³/mol. The van der Waals surface area contributed by atoms with Crippen molar-refractivity contribution >= 4 is 11.9 Å². The molecule has 4 rings (SSSR count). The minimum Gasteiger partial charge on any atom is -0.490 e. The molecule has 41 heavy (non-hydrogen) atoms. The Morgan fingerprint density at radius 2 is 1.54 bits per heavy atom. The van der Waals surface area contributed by atoms with E-state index >= 15 is 0 Å². The smallest absolute Gasteiger partial charge is 0.346 e. The van der Waals surface area contributed by atoms with E-state index in [9.17, 15) is 23.5 Å². The zero-order chi connectivity index (χ0) is 29.3. The van der Waals surface area contributed by atoms with E-state index in [1.807, 2.05) is 0 Å². The molecule has 1 saturated carbocycles. The zero-order valence-corrected chi connectivity index (χ0v) is 23.7. The predicted octanol–water partition coefficient (Wildman–Crippen LogP) is 7.69. The van der Waals surface area contributed by atoms with Crippen molar-refractivity contribution in [3.63, 3.8) is 0 Å². The Kier molecular flexibility index (Phi) is 10.7. The number of esters is 1. The van der Waals surface area contributed by atoms with Gasteiger partial charge in [0.05, 0.1) is 18.8 Å². The Hall–Kier alpha value is -3.04. The van der Waals surface area contributed by atoms with E-state index in [1.54, 1.807) is 0 Å². The van der Waals surface area contributed by atoms with Crippen LogP contribution in [0.25, 0.3) is 0 Å². The van der Waals surface area contributed by atoms with Gasteiger partial charge in [-0.15, -0.1) is 0 Å². The second-order valence-corrected chi connectivity index (χ2v) is 11.0. The average Bonchev–Trinajstić information content (AvgIpc) is 3.34. The highest BCUT2D eigenvalue weighted by Crippen LogP contribution is 2.46. The first-order valence-electron chi connectivity index (χ1n) is 14.8. The summed E-state index contributed by atoms with van der Waals surface area (Å²) < 4.78 is 52.0. The van der Waals surface area contributed by atoms with E-state index in [-0.39, 0.29) is 24.7 Å². The lowest BCUT2D eigenvalue weighted by Gasteiger charge is -2.33. The second kappa shape index (κ2) is 14.2. The summed E-state index contributed by atoms with van der Waals surface area (Å²) in [6.07, 6.45) is 12.9. The van der Waals surface area contributed by atoms with Gasteiger partial charge in [0.2, 0.25) is 11.4 Å². The fourth-order valence-corrected chi connectivity index (χ4v) is 5.49. The number of halogens is 2. The maximum atomic E-state index is 14.7. The number of carboxylic acid groups (broad SMARTS) is 1. The average molecular weight is 575 g/mol. The van der Waals surface area contributed by atoms with E-state index in [0.29, 0.717) is 18.4 Å². The molecule has 1 spiro atoms. The molecule has 1 aliphatic carbocycles. The highest BCUT2D eigenvalue weighted by molar-refractivity contribution is 5.91. The van der Waals surface area contributed by atoms with Gasteiger partial charge in [0.15, 0.2) is 17.4 Å². The molecule has 1 aliphatic heterocycles. The third-order valence-corrected chi connectivity index (χ3v) is 7.91. The fraction of sp³-hybridized carbons (Fsp3) is 0.562. The number of carbonyl (C=O) groups excluding carboxylic acids is 1. The fourth-order valence-electron chi connectivity index (χ4n) is 5.49. The SMILES string of the molecule is CCCCCCCCCCOc1ccc(C(=O)Oc2ccc([C@]3(C(=O)O)COC4(CCCCC4)O3)cc2)c(F)c1F. The third kappa shape index (κ3) is 7.43. The van der Waals surface area contributed by atoms with E-state index in [2.05, 4.69) is 6.92 Å². The number of carbonyl (C=O) groups is 2. The molecule has 2 fully saturated rings. The van der Waals surface area contributed by atoms with E-state index in [4.69, 9.17) is 18.9 Å². The van der Waals surface area contributed by atoms with Crippen LogP contribution >= 0.6 is 0 Å². The molecule has 0 bridgehead atoms. The van der Waals surface area contributed by atoms with Crippen LogP contribution in [-0.2, 0) is 19.9 Å². The molecule has 1 atom stereocenters. The van der Waals surface area contributed by atoms with Crippen molar-refractivity contribution in [2.45, 2.75) is 102 Å². The summed E-state index contributed by atoms with van der Waals surface area (Å²) in [5.74, 6) is -5.97. The van der Waals surface area contributed by atoms with Gasteiger partial charge in [0, 0.05) is 12.8 Å². The van der Waals surface area contributed by atoms with E-state index in [1.165, 1.54) is 56.0 Å². The number of ether oxygens (including phenoxy) is 4. The highest BCUT2D eigenvalue weighted by atomic mass is 19.2. The van der Waals surface area contributed by atoms with Gasteiger partial charge in [-0.05, 0) is 49.1 Å². The number of benzene rings is 2. The number of carboxylic acids is 1. The summed E-state index contributed by atoms with van der Waals surface area (Å²) in [7, 11) is 0. The number of hydrogen-bond acceptors (Lipinski definition) is 6. The molecule has 224 valence electrons. The summed E-state index contributed by atoms with van der Waals surface area (Å²) in [5.41, 5.74) is -1.92. The molecule has 0 unspecified atom stereocenters. The van der Waals surface area contributed by atoms with Gasteiger partial charge in [-0.1, -0.05) is 70.4 Å². The number of unbranched alkanes of at least 4 members (excludes halogenated alkanes) is 7. The molecule has 0 amide bonds. The first-order chi connectivity index (χ1) is 19.8. The first kappa shape index (κ1) is 30.9. The molecular weight excluding hydrogens is 534 g/mol. The summed E-state index contributed by atoms with van der Waals surface area (Å²) >= 11 is 0. The first-order valence-corrected chi connectivity index (χ1v) is 14.8. The van der Waals surface area contributed by atoms with Crippen molar-refractivity contribution in [1.82, 2.24) is 0 Å². The van der Waals surface area contributed by atoms with Crippen molar-refractivity contribution in [3.8, 4) is 11.5 Å². The topological polar surface area (TPSA) is 91.3 Å². The lowest BCUT2D eigenvalue weighted by atomic mass is 9.92. The van der Waals surface area contributed by atoms with Crippen molar-refractivity contribution in [2.75, 3.05) is 13.2 Å². The van der Waals surface area contributed by atoms with Crippen LogP contribution in [0.15, 0.2) is 36.4 Å². The van der Waals surface area contributed by atoms with Crippen molar-refractivity contribution in [3.05, 3.63) is 59.2 Å². The molecule has 0 aromatic heterocycles. The Labute approximate surface area is 240 Å². The lowest BCUT2D eigenvalue weighted by Crippen LogP contribution is -2.42. The molecule has 2 aromatic carbocycles. The molecule has 2 aliphatic rings. The number of hydrogen-bond donors (Lipinski definition) is 1. The van der Waals surface area contributed by atoms with E-state index < -0.39 is 40.5 Å². The van der Waals surface area contributed by atoms with Crippen molar-refractivity contribution in [2.24, 2.45) is 0 Å². The van der Waals surface area contributed by atoms with Crippen molar-refractivity contribution in [1.29, 1.82) is 0 Å². The minimum absolute atomic E-state index is 0.0420. The molecule has 7 nitrogen and oxygen atoms in total. The quantitative estimate of drug-likeness (QED) is 0.140. The zero-order valence-electron chi connectivity index (χ0n) is 23.7. The molecule has 9 heteroatoms. The number of rotatable bonds is 14. The lowest BCUT2D eigenvalue weighted by molar-refractivity contribution is -0.214. The maximum absolute atomic E-state index is 14.7. The Bertz CT molecular complexity index is 1180. The van der Waals surface area contributed by atoms with Crippen LogP contribution in [0, 0.1) is 11.6 Å². The highest BCUT2D eigenvalue weighted by Gasteiger charge is 2.56. The van der Waals surface area contributed by atoms with Gasteiger partial charge in [-0.25, -0.2) is 14.0 Å². The molecule has 1 saturated heterocycles. The van der Waals surface area contributed by atoms with Crippen LogP contribution in [0.3, 0.4) is 0 Å². The molecule has 1 heterocycles. The Morgan fingerprint density at radius 3 is 2.20 bits per heavy atom. The van der Waals surface area contributed by atoms with Gasteiger partial charge in [-0.2, -0.15) is 4.39 Å². The molecular formula is C32H40F2O7. The number of aliphatic carboxylic acids is 1. The molecule has 1 N–H and O–H groups in total.